The van der Waals surface area contributed by atoms with Crippen LogP contribution >= 0.6 is 31.9 Å². The number of aliphatic carboxylic acids is 1. The van der Waals surface area contributed by atoms with Gasteiger partial charge in [0.2, 0.25) is 0 Å². The minimum Gasteiger partial charge on any atom is -0.478 e. The molecule has 1 aromatic rings. The van der Waals surface area contributed by atoms with Gasteiger partial charge in [0.1, 0.15) is 0 Å². The molecule has 0 spiro atoms. The molecule has 1 rings (SSSR count). The molecule has 0 heterocycles. The second kappa shape index (κ2) is 5.22. The number of benzene rings is 1. The molecule has 84 valence electrons. The average Bonchev–Trinajstić information content (AvgIpc) is 2.14. The molecule has 1 aromatic carbocycles. The molecule has 0 atom stereocenters. The highest BCUT2D eigenvalue weighted by Crippen LogP contribution is 2.32. The molecule has 0 aliphatic heterocycles. The van der Waals surface area contributed by atoms with Crippen molar-refractivity contribution in [3.63, 3.8) is 0 Å². The highest BCUT2D eigenvalue weighted by Gasteiger charge is 2.16. The molecule has 0 unspecified atom stereocenters. The number of carbonyl (C=O) groups is 1. The van der Waals surface area contributed by atoms with Gasteiger partial charge >= 0.3 is 5.97 Å². The summed E-state index contributed by atoms with van der Waals surface area (Å²) in [5, 5.41) is 19.2. The molecular weight excluding hydrogens is 346 g/mol. The van der Waals surface area contributed by atoms with Crippen molar-refractivity contribution >= 4 is 49.6 Å². The Morgan fingerprint density at radius 3 is 2.56 bits per heavy atom. The van der Waals surface area contributed by atoms with Crippen molar-refractivity contribution < 1.29 is 14.8 Å². The molecule has 0 amide bonds. The maximum Gasteiger partial charge on any atom is 0.328 e. The number of nitro groups is 1. The summed E-state index contributed by atoms with van der Waals surface area (Å²) >= 11 is 6.26. The highest BCUT2D eigenvalue weighted by atomic mass is 79.9. The summed E-state index contributed by atoms with van der Waals surface area (Å²) in [6.07, 6.45) is 2.03. The van der Waals surface area contributed by atoms with Gasteiger partial charge in [0.05, 0.1) is 10.5 Å². The predicted molar refractivity (Wildman–Crippen MR) is 65.2 cm³/mol. The number of hydrogen-bond donors (Lipinski definition) is 1. The number of rotatable bonds is 3. The molecule has 0 aliphatic carbocycles. The van der Waals surface area contributed by atoms with Crippen LogP contribution in [0.4, 0.5) is 5.69 Å². The Balaban J connectivity index is 3.35. The normalized spacial score (nSPS) is 10.6. The number of carboxylic acid groups (broad SMARTS) is 1. The molecule has 1 N–H and O–H groups in total. The molecule has 5 nitrogen and oxygen atoms in total. The summed E-state index contributed by atoms with van der Waals surface area (Å²) in [6.45, 7) is 0. The van der Waals surface area contributed by atoms with Crippen LogP contribution in [0.5, 0.6) is 0 Å². The maximum atomic E-state index is 10.8. The molecule has 0 bridgehead atoms. The van der Waals surface area contributed by atoms with Crippen LogP contribution in [-0.2, 0) is 4.79 Å². The van der Waals surface area contributed by atoms with E-state index in [4.69, 9.17) is 5.11 Å². The van der Waals surface area contributed by atoms with E-state index in [9.17, 15) is 14.9 Å². The number of carboxylic acids is 1. The largest absolute Gasteiger partial charge is 0.478 e. The number of nitrogens with zero attached hydrogens (tertiary/aromatic N) is 1. The summed E-state index contributed by atoms with van der Waals surface area (Å²) in [7, 11) is 0. The van der Waals surface area contributed by atoms with Crippen LogP contribution in [0.2, 0.25) is 0 Å². The molecule has 0 saturated carbocycles. The Morgan fingerprint density at radius 2 is 2.06 bits per heavy atom. The van der Waals surface area contributed by atoms with E-state index in [-0.39, 0.29) is 11.3 Å². The first kappa shape index (κ1) is 12.9. The lowest BCUT2D eigenvalue weighted by Gasteiger charge is -2.01. The third-order valence-electron chi connectivity index (χ3n) is 1.66. The van der Waals surface area contributed by atoms with E-state index < -0.39 is 10.9 Å². The minimum absolute atomic E-state index is 0.168. The van der Waals surface area contributed by atoms with Gasteiger partial charge in [0, 0.05) is 21.1 Å². The third kappa shape index (κ3) is 3.14. The lowest BCUT2D eigenvalue weighted by atomic mass is 10.1. The standard InChI is InChI=1S/C9H5Br2NO4/c10-5-3-7(11)6(1-2-9(13)14)8(4-5)12(15)16/h1-4H,(H,13,14)/b2-1+. The minimum atomic E-state index is -1.16. The van der Waals surface area contributed by atoms with Crippen LogP contribution in [0.1, 0.15) is 5.56 Å². The van der Waals surface area contributed by atoms with Crippen molar-refractivity contribution in [1.82, 2.24) is 0 Å². The van der Waals surface area contributed by atoms with Gasteiger partial charge in [-0.2, -0.15) is 0 Å². The van der Waals surface area contributed by atoms with Gasteiger partial charge in [0.25, 0.3) is 5.69 Å². The SMILES string of the molecule is O=C(O)/C=C/c1c(Br)cc(Br)cc1[N+](=O)[O-]. The van der Waals surface area contributed by atoms with Gasteiger partial charge in [-0.3, -0.25) is 10.1 Å². The van der Waals surface area contributed by atoms with E-state index in [1.165, 1.54) is 12.1 Å². The molecular formula is C9H5Br2NO4. The number of halogens is 2. The van der Waals surface area contributed by atoms with Gasteiger partial charge < -0.3 is 5.11 Å². The smallest absolute Gasteiger partial charge is 0.328 e. The van der Waals surface area contributed by atoms with Crippen molar-refractivity contribution in [2.24, 2.45) is 0 Å². The summed E-state index contributed by atoms with van der Waals surface area (Å²) in [5.74, 6) is -1.16. The fourth-order valence-corrected chi connectivity index (χ4v) is 2.38. The molecule has 0 saturated heterocycles. The van der Waals surface area contributed by atoms with Gasteiger partial charge in [0.15, 0.2) is 0 Å². The second-order valence-electron chi connectivity index (χ2n) is 2.75. The monoisotopic (exact) mass is 349 g/mol. The number of nitro benzene ring substituents is 1. The van der Waals surface area contributed by atoms with E-state index in [2.05, 4.69) is 31.9 Å². The van der Waals surface area contributed by atoms with Crippen molar-refractivity contribution in [3.05, 3.63) is 42.8 Å². The van der Waals surface area contributed by atoms with Crippen molar-refractivity contribution in [2.75, 3.05) is 0 Å². The highest BCUT2D eigenvalue weighted by molar-refractivity contribution is 9.11. The lowest BCUT2D eigenvalue weighted by molar-refractivity contribution is -0.385. The summed E-state index contributed by atoms with van der Waals surface area (Å²) in [5.41, 5.74) is 0.0503. The fourth-order valence-electron chi connectivity index (χ4n) is 1.04. The molecule has 0 fully saturated rings. The van der Waals surface area contributed by atoms with E-state index in [0.29, 0.717) is 8.95 Å². The van der Waals surface area contributed by atoms with E-state index >= 15 is 0 Å². The van der Waals surface area contributed by atoms with Crippen molar-refractivity contribution in [1.29, 1.82) is 0 Å². The van der Waals surface area contributed by atoms with Crippen LogP contribution in [0, 0.1) is 10.1 Å². The second-order valence-corrected chi connectivity index (χ2v) is 4.52. The Hall–Kier alpha value is -1.21. The first-order valence-corrected chi connectivity index (χ1v) is 5.55. The van der Waals surface area contributed by atoms with Crippen LogP contribution in [0.15, 0.2) is 27.2 Å². The Labute approximate surface area is 107 Å². The van der Waals surface area contributed by atoms with Gasteiger partial charge in [-0.05, 0) is 28.1 Å². The zero-order valence-corrected chi connectivity index (χ0v) is 10.9. The van der Waals surface area contributed by atoms with E-state index in [1.807, 2.05) is 0 Å². The van der Waals surface area contributed by atoms with Gasteiger partial charge in [-0.15, -0.1) is 0 Å². The van der Waals surface area contributed by atoms with Gasteiger partial charge in [-0.25, -0.2) is 4.79 Å². The zero-order valence-electron chi connectivity index (χ0n) is 7.68. The van der Waals surface area contributed by atoms with Gasteiger partial charge in [-0.1, -0.05) is 15.9 Å². The first-order valence-electron chi connectivity index (χ1n) is 3.96. The van der Waals surface area contributed by atoms with Crippen LogP contribution < -0.4 is 0 Å². The quantitative estimate of drug-likeness (QED) is 0.515. The average molecular weight is 351 g/mol. The molecule has 7 heteroatoms. The topological polar surface area (TPSA) is 80.4 Å². The molecule has 16 heavy (non-hydrogen) atoms. The summed E-state index contributed by atoms with van der Waals surface area (Å²) in [6, 6.07) is 2.92. The zero-order chi connectivity index (χ0) is 12.3. The van der Waals surface area contributed by atoms with E-state index in [1.54, 1.807) is 6.07 Å². The first-order chi connectivity index (χ1) is 7.41. The fraction of sp³-hybridized carbons (Fsp3) is 0. The predicted octanol–water partition coefficient (Wildman–Crippen LogP) is 3.22. The van der Waals surface area contributed by atoms with Crippen LogP contribution in [0.3, 0.4) is 0 Å². The summed E-state index contributed by atoms with van der Waals surface area (Å²) < 4.78 is 0.990. The maximum absolute atomic E-state index is 10.8. The van der Waals surface area contributed by atoms with Crippen LogP contribution in [0.25, 0.3) is 6.08 Å². The third-order valence-corrected chi connectivity index (χ3v) is 2.78. The lowest BCUT2D eigenvalue weighted by Crippen LogP contribution is -1.94. The van der Waals surface area contributed by atoms with Crippen molar-refractivity contribution in [3.8, 4) is 0 Å². The Bertz CT molecular complexity index is 485. The number of hydrogen-bond acceptors (Lipinski definition) is 3. The Kier molecular flexibility index (Phi) is 4.19. The molecule has 0 aliphatic rings. The van der Waals surface area contributed by atoms with E-state index in [0.717, 1.165) is 6.08 Å². The molecule has 0 aromatic heterocycles. The van der Waals surface area contributed by atoms with Crippen molar-refractivity contribution in [2.45, 2.75) is 0 Å². The Morgan fingerprint density at radius 1 is 1.44 bits per heavy atom. The van der Waals surface area contributed by atoms with Crippen LogP contribution in [-0.4, -0.2) is 16.0 Å². The summed E-state index contributed by atoms with van der Waals surface area (Å²) in [4.78, 5) is 20.5. The molecule has 0 radical (unpaired) electrons.